The molecule has 5 atom stereocenters. The fourth-order valence-electron chi connectivity index (χ4n) is 2.66. The molecule has 4 heteroatoms. The van der Waals surface area contributed by atoms with Crippen LogP contribution < -0.4 is 0 Å². The molecular weight excluding hydrogens is 160 g/mol. The third kappa shape index (κ3) is 0.630. The minimum atomic E-state index is -0.919. The molecule has 0 radical (unpaired) electrons. The summed E-state index contributed by atoms with van der Waals surface area (Å²) >= 11 is 0. The van der Waals surface area contributed by atoms with E-state index in [1.807, 2.05) is 0 Å². The first-order valence-corrected chi connectivity index (χ1v) is 4.31. The molecule has 2 bridgehead atoms. The van der Waals surface area contributed by atoms with Gasteiger partial charge in [0.15, 0.2) is 0 Å². The van der Waals surface area contributed by atoms with Crippen LogP contribution in [0.25, 0.3) is 0 Å². The Hall–Kier alpha value is -0.610. The van der Waals surface area contributed by atoms with Crippen LogP contribution in [0.1, 0.15) is 12.8 Å². The number of ether oxygens (including phenoxy) is 2. The maximum absolute atomic E-state index is 11.2. The maximum Gasteiger partial charge on any atom is 0.314 e. The van der Waals surface area contributed by atoms with Crippen LogP contribution in [0.5, 0.6) is 0 Å². The van der Waals surface area contributed by atoms with Crippen molar-refractivity contribution in [2.75, 3.05) is 0 Å². The van der Waals surface area contributed by atoms with Crippen molar-refractivity contribution in [2.24, 2.45) is 11.8 Å². The van der Waals surface area contributed by atoms with Crippen molar-refractivity contribution < 1.29 is 19.4 Å². The summed E-state index contributed by atoms with van der Waals surface area (Å²) in [5.74, 6) is -0.547. The Morgan fingerprint density at radius 1 is 1.33 bits per heavy atom. The van der Waals surface area contributed by atoms with E-state index < -0.39 is 6.29 Å². The molecule has 3 fully saturated rings. The zero-order valence-corrected chi connectivity index (χ0v) is 6.47. The normalized spacial score (nSPS) is 55.8. The van der Waals surface area contributed by atoms with Crippen LogP contribution in [0.3, 0.4) is 0 Å². The zero-order valence-electron chi connectivity index (χ0n) is 6.47. The Morgan fingerprint density at radius 2 is 2.08 bits per heavy atom. The predicted octanol–water partition coefficient (Wildman–Crippen LogP) is -0.345. The molecule has 0 aromatic carbocycles. The molecule has 1 N–H and O–H groups in total. The molecule has 4 nitrogen and oxygen atoms in total. The topological polar surface area (TPSA) is 55.8 Å². The minimum absolute atomic E-state index is 0.0182. The second kappa shape index (κ2) is 2.00. The highest BCUT2D eigenvalue weighted by molar-refractivity contribution is 5.76. The van der Waals surface area contributed by atoms with Crippen molar-refractivity contribution in [3.63, 3.8) is 0 Å². The van der Waals surface area contributed by atoms with E-state index in [2.05, 4.69) is 0 Å². The Balaban J connectivity index is 1.97. The van der Waals surface area contributed by atoms with E-state index in [1.54, 1.807) is 0 Å². The number of carbonyl (C=O) groups excluding carboxylic acids is 1. The van der Waals surface area contributed by atoms with Crippen LogP contribution in [0, 0.1) is 11.8 Å². The lowest BCUT2D eigenvalue weighted by atomic mass is 9.81. The molecule has 66 valence electrons. The smallest absolute Gasteiger partial charge is 0.314 e. The molecule has 3 heterocycles. The molecule has 0 aliphatic carbocycles. The van der Waals surface area contributed by atoms with Gasteiger partial charge < -0.3 is 14.6 Å². The zero-order chi connectivity index (χ0) is 8.29. The van der Waals surface area contributed by atoms with E-state index in [-0.39, 0.29) is 30.0 Å². The number of aliphatic hydroxyl groups excluding tert-OH is 1. The molecule has 0 aromatic heterocycles. The average Bonchev–Trinajstić information content (AvgIpc) is 2.64. The van der Waals surface area contributed by atoms with Crippen molar-refractivity contribution in [1.82, 2.24) is 0 Å². The van der Waals surface area contributed by atoms with E-state index >= 15 is 0 Å². The Morgan fingerprint density at radius 3 is 2.83 bits per heavy atom. The highest BCUT2D eigenvalue weighted by atomic mass is 16.7. The van der Waals surface area contributed by atoms with Gasteiger partial charge in [0.25, 0.3) is 0 Å². The van der Waals surface area contributed by atoms with E-state index in [0.29, 0.717) is 0 Å². The van der Waals surface area contributed by atoms with Crippen LogP contribution in [-0.4, -0.2) is 29.6 Å². The van der Waals surface area contributed by atoms with Gasteiger partial charge in [-0.05, 0) is 12.8 Å². The SMILES string of the molecule is O=C1OC(O)C2C1[C@H]1CC[C@@H]2O1. The van der Waals surface area contributed by atoms with Gasteiger partial charge in [0, 0.05) is 0 Å². The monoisotopic (exact) mass is 170 g/mol. The molecule has 3 aliphatic rings. The second-order valence-electron chi connectivity index (χ2n) is 3.72. The number of aliphatic hydroxyl groups is 1. The number of fused-ring (bicyclic) bond motifs is 5. The van der Waals surface area contributed by atoms with Crippen LogP contribution >= 0.6 is 0 Å². The maximum atomic E-state index is 11.2. The number of rotatable bonds is 0. The summed E-state index contributed by atoms with van der Waals surface area (Å²) in [6.07, 6.45) is 1.05. The van der Waals surface area contributed by atoms with Crippen LogP contribution in [0.15, 0.2) is 0 Å². The van der Waals surface area contributed by atoms with E-state index in [9.17, 15) is 9.90 Å². The molecule has 0 spiro atoms. The van der Waals surface area contributed by atoms with Crippen LogP contribution in [-0.2, 0) is 14.3 Å². The van der Waals surface area contributed by atoms with E-state index in [4.69, 9.17) is 9.47 Å². The van der Waals surface area contributed by atoms with Gasteiger partial charge in [-0.25, -0.2) is 0 Å². The number of esters is 1. The largest absolute Gasteiger partial charge is 0.435 e. The van der Waals surface area contributed by atoms with Crippen molar-refractivity contribution >= 4 is 5.97 Å². The molecule has 3 aliphatic heterocycles. The highest BCUT2D eigenvalue weighted by Gasteiger charge is 2.60. The van der Waals surface area contributed by atoms with Gasteiger partial charge >= 0.3 is 5.97 Å². The highest BCUT2D eigenvalue weighted by Crippen LogP contribution is 2.48. The first kappa shape index (κ1) is 6.86. The Bertz CT molecular complexity index is 239. The quantitative estimate of drug-likeness (QED) is 0.505. The summed E-state index contributed by atoms with van der Waals surface area (Å²) in [5, 5.41) is 9.37. The molecule has 3 rings (SSSR count). The lowest BCUT2D eigenvalue weighted by Gasteiger charge is -2.17. The fraction of sp³-hybridized carbons (Fsp3) is 0.875. The van der Waals surface area contributed by atoms with Crippen molar-refractivity contribution in [3.8, 4) is 0 Å². The fourth-order valence-corrected chi connectivity index (χ4v) is 2.66. The Kier molecular flexibility index (Phi) is 1.14. The number of hydrogen-bond acceptors (Lipinski definition) is 4. The first-order chi connectivity index (χ1) is 5.77. The number of hydrogen-bond donors (Lipinski definition) is 1. The lowest BCUT2D eigenvalue weighted by Crippen LogP contribution is -2.30. The van der Waals surface area contributed by atoms with Crippen LogP contribution in [0.2, 0.25) is 0 Å². The average molecular weight is 170 g/mol. The van der Waals surface area contributed by atoms with Gasteiger partial charge in [-0.2, -0.15) is 0 Å². The second-order valence-corrected chi connectivity index (χ2v) is 3.72. The minimum Gasteiger partial charge on any atom is -0.435 e. The van der Waals surface area contributed by atoms with Gasteiger partial charge in [0.1, 0.15) is 0 Å². The van der Waals surface area contributed by atoms with E-state index in [1.165, 1.54) is 0 Å². The predicted molar refractivity (Wildman–Crippen MR) is 37.0 cm³/mol. The molecule has 12 heavy (non-hydrogen) atoms. The molecular formula is C8H10O4. The van der Waals surface area contributed by atoms with Gasteiger partial charge in [0.2, 0.25) is 6.29 Å². The lowest BCUT2D eigenvalue weighted by molar-refractivity contribution is -0.162. The number of carbonyl (C=O) groups is 1. The third-order valence-electron chi connectivity index (χ3n) is 3.17. The van der Waals surface area contributed by atoms with Gasteiger partial charge in [0.05, 0.1) is 24.0 Å². The van der Waals surface area contributed by atoms with Crippen molar-refractivity contribution in [1.29, 1.82) is 0 Å². The third-order valence-corrected chi connectivity index (χ3v) is 3.17. The Labute approximate surface area is 69.5 Å². The number of cyclic esters (lactones) is 1. The van der Waals surface area contributed by atoms with Crippen molar-refractivity contribution in [2.45, 2.75) is 31.3 Å². The van der Waals surface area contributed by atoms with Gasteiger partial charge in [-0.15, -0.1) is 0 Å². The molecule has 0 amide bonds. The van der Waals surface area contributed by atoms with E-state index in [0.717, 1.165) is 12.8 Å². The molecule has 3 saturated heterocycles. The van der Waals surface area contributed by atoms with Gasteiger partial charge in [-0.1, -0.05) is 0 Å². The summed E-state index contributed by atoms with van der Waals surface area (Å²) < 4.78 is 10.3. The molecule has 0 saturated carbocycles. The van der Waals surface area contributed by atoms with Crippen molar-refractivity contribution in [3.05, 3.63) is 0 Å². The summed E-state index contributed by atoms with van der Waals surface area (Å²) in [4.78, 5) is 11.2. The standard InChI is InChI=1S/C8H10O4/c9-7-5-3-1-2-4(11-3)6(5)8(10)12-7/h3-7,9H,1-2H2/t3-,4+,5?,6?,7?/m0/s1. The van der Waals surface area contributed by atoms with Crippen LogP contribution in [0.4, 0.5) is 0 Å². The summed E-state index contributed by atoms with van der Waals surface area (Å²) in [6, 6.07) is 0. The summed E-state index contributed by atoms with van der Waals surface area (Å²) in [6.45, 7) is 0. The summed E-state index contributed by atoms with van der Waals surface area (Å²) in [5.41, 5.74) is 0. The van der Waals surface area contributed by atoms with Gasteiger partial charge in [-0.3, -0.25) is 4.79 Å². The summed E-state index contributed by atoms with van der Waals surface area (Å²) in [7, 11) is 0. The molecule has 3 unspecified atom stereocenters. The first-order valence-electron chi connectivity index (χ1n) is 4.31. The molecule has 0 aromatic rings.